The number of halogens is 1. The zero-order valence-corrected chi connectivity index (χ0v) is 9.86. The summed E-state index contributed by atoms with van der Waals surface area (Å²) in [5.41, 5.74) is 0.839. The maximum absolute atomic E-state index is 13.1. The van der Waals surface area contributed by atoms with E-state index >= 15 is 0 Å². The summed E-state index contributed by atoms with van der Waals surface area (Å²) in [7, 11) is 0. The molecule has 1 aliphatic rings. The number of aromatic hydroxyl groups is 1. The number of ether oxygens (including phenoxy) is 2. The van der Waals surface area contributed by atoms with E-state index in [0.29, 0.717) is 32.0 Å². The molecule has 17 heavy (non-hydrogen) atoms. The van der Waals surface area contributed by atoms with E-state index in [-0.39, 0.29) is 12.0 Å². The standard InChI is InChI=1S/C13H17FO3/c1-9-7-16-13(17-8-9)5-3-10-2-4-12(15)11(14)6-10/h2,4,6,9,13,15H,3,5,7-8H2,1H3. The van der Waals surface area contributed by atoms with Crippen LogP contribution in [0.4, 0.5) is 4.39 Å². The first kappa shape index (κ1) is 12.3. The quantitative estimate of drug-likeness (QED) is 0.882. The van der Waals surface area contributed by atoms with Gasteiger partial charge in [-0.15, -0.1) is 0 Å². The minimum atomic E-state index is -0.582. The number of phenolic OH excluding ortho intramolecular Hbond substituents is 1. The van der Waals surface area contributed by atoms with Crippen molar-refractivity contribution in [3.63, 3.8) is 0 Å². The van der Waals surface area contributed by atoms with Crippen molar-refractivity contribution in [2.75, 3.05) is 13.2 Å². The number of hydrogen-bond donors (Lipinski definition) is 1. The molecule has 94 valence electrons. The van der Waals surface area contributed by atoms with Gasteiger partial charge in [-0.2, -0.15) is 0 Å². The van der Waals surface area contributed by atoms with E-state index in [1.54, 1.807) is 6.07 Å². The van der Waals surface area contributed by atoms with Gasteiger partial charge in [0.2, 0.25) is 0 Å². The van der Waals surface area contributed by atoms with Crippen molar-refractivity contribution < 1.29 is 19.0 Å². The number of hydrogen-bond acceptors (Lipinski definition) is 3. The molecule has 1 N–H and O–H groups in total. The lowest BCUT2D eigenvalue weighted by molar-refractivity contribution is -0.199. The van der Waals surface area contributed by atoms with Crippen molar-refractivity contribution in [3.05, 3.63) is 29.6 Å². The van der Waals surface area contributed by atoms with E-state index in [9.17, 15) is 4.39 Å². The number of benzene rings is 1. The molecule has 0 spiro atoms. The molecule has 0 unspecified atom stereocenters. The molecule has 0 atom stereocenters. The Labute approximate surface area is 100 Å². The van der Waals surface area contributed by atoms with Gasteiger partial charge < -0.3 is 14.6 Å². The van der Waals surface area contributed by atoms with E-state index in [2.05, 4.69) is 6.92 Å². The van der Waals surface area contributed by atoms with E-state index < -0.39 is 5.82 Å². The largest absolute Gasteiger partial charge is 0.505 e. The van der Waals surface area contributed by atoms with Gasteiger partial charge in [0.25, 0.3) is 0 Å². The Morgan fingerprint density at radius 1 is 1.35 bits per heavy atom. The first-order valence-electron chi connectivity index (χ1n) is 5.86. The zero-order valence-electron chi connectivity index (χ0n) is 9.86. The first-order valence-corrected chi connectivity index (χ1v) is 5.86. The van der Waals surface area contributed by atoms with Crippen molar-refractivity contribution in [1.29, 1.82) is 0 Å². The van der Waals surface area contributed by atoms with Crippen molar-refractivity contribution in [2.45, 2.75) is 26.1 Å². The summed E-state index contributed by atoms with van der Waals surface area (Å²) in [6.07, 6.45) is 1.19. The molecule has 3 nitrogen and oxygen atoms in total. The Kier molecular flexibility index (Phi) is 3.97. The van der Waals surface area contributed by atoms with Crippen LogP contribution >= 0.6 is 0 Å². The highest BCUT2D eigenvalue weighted by molar-refractivity contribution is 5.28. The fourth-order valence-corrected chi connectivity index (χ4v) is 1.80. The Morgan fingerprint density at radius 2 is 2.06 bits per heavy atom. The van der Waals surface area contributed by atoms with Crippen LogP contribution in [0.25, 0.3) is 0 Å². The summed E-state index contributed by atoms with van der Waals surface area (Å²) >= 11 is 0. The van der Waals surface area contributed by atoms with Crippen LogP contribution in [0.15, 0.2) is 18.2 Å². The fourth-order valence-electron chi connectivity index (χ4n) is 1.80. The third kappa shape index (κ3) is 3.41. The Balaban J connectivity index is 1.83. The second-order valence-electron chi connectivity index (χ2n) is 4.53. The molecule has 0 bridgehead atoms. The molecule has 1 saturated heterocycles. The van der Waals surface area contributed by atoms with Gasteiger partial charge in [0.15, 0.2) is 17.9 Å². The van der Waals surface area contributed by atoms with Gasteiger partial charge in [0.1, 0.15) is 0 Å². The molecule has 1 aromatic carbocycles. The third-order valence-electron chi connectivity index (χ3n) is 2.81. The van der Waals surface area contributed by atoms with Crippen LogP contribution in [-0.2, 0) is 15.9 Å². The minimum Gasteiger partial charge on any atom is -0.505 e. The van der Waals surface area contributed by atoms with Gasteiger partial charge in [-0.1, -0.05) is 13.0 Å². The van der Waals surface area contributed by atoms with Gasteiger partial charge in [-0.25, -0.2) is 4.39 Å². The summed E-state index contributed by atoms with van der Waals surface area (Å²) in [6.45, 7) is 3.51. The van der Waals surface area contributed by atoms with Gasteiger partial charge >= 0.3 is 0 Å². The van der Waals surface area contributed by atoms with E-state index in [1.165, 1.54) is 12.1 Å². The Hall–Kier alpha value is -1.13. The van der Waals surface area contributed by atoms with Crippen molar-refractivity contribution in [1.82, 2.24) is 0 Å². The van der Waals surface area contributed by atoms with Crippen molar-refractivity contribution in [3.8, 4) is 5.75 Å². The maximum atomic E-state index is 13.1. The van der Waals surface area contributed by atoms with Crippen molar-refractivity contribution >= 4 is 0 Å². The highest BCUT2D eigenvalue weighted by atomic mass is 19.1. The Bertz CT molecular complexity index is 373. The first-order chi connectivity index (χ1) is 8.15. The number of aryl methyl sites for hydroxylation is 1. The molecular formula is C13H17FO3. The lowest BCUT2D eigenvalue weighted by atomic mass is 10.1. The molecule has 0 amide bonds. The van der Waals surface area contributed by atoms with Gasteiger partial charge in [-0.05, 0) is 24.1 Å². The summed E-state index contributed by atoms with van der Waals surface area (Å²) in [6, 6.07) is 4.43. The zero-order chi connectivity index (χ0) is 12.3. The fraction of sp³-hybridized carbons (Fsp3) is 0.538. The summed E-state index contributed by atoms with van der Waals surface area (Å²) in [4.78, 5) is 0. The second kappa shape index (κ2) is 5.47. The molecule has 0 aliphatic carbocycles. The van der Waals surface area contributed by atoms with Crippen LogP contribution in [0.1, 0.15) is 18.9 Å². The number of rotatable bonds is 3. The second-order valence-corrected chi connectivity index (χ2v) is 4.53. The van der Waals surface area contributed by atoms with Gasteiger partial charge in [0.05, 0.1) is 13.2 Å². The van der Waals surface area contributed by atoms with Crippen LogP contribution in [0.2, 0.25) is 0 Å². The van der Waals surface area contributed by atoms with E-state index in [4.69, 9.17) is 14.6 Å². The lowest BCUT2D eigenvalue weighted by Gasteiger charge is -2.27. The van der Waals surface area contributed by atoms with Crippen LogP contribution in [-0.4, -0.2) is 24.6 Å². The SMILES string of the molecule is CC1COC(CCc2ccc(O)c(F)c2)OC1. The summed E-state index contributed by atoms with van der Waals surface area (Å²) < 4.78 is 24.1. The molecule has 0 aromatic heterocycles. The monoisotopic (exact) mass is 240 g/mol. The van der Waals surface area contributed by atoms with Gasteiger partial charge in [-0.3, -0.25) is 0 Å². The van der Waals surface area contributed by atoms with E-state index in [0.717, 1.165) is 5.56 Å². The normalized spacial score (nSPS) is 24.8. The van der Waals surface area contributed by atoms with Crippen LogP contribution in [0, 0.1) is 11.7 Å². The third-order valence-corrected chi connectivity index (χ3v) is 2.81. The predicted molar refractivity (Wildman–Crippen MR) is 61.2 cm³/mol. The highest BCUT2D eigenvalue weighted by Crippen LogP contribution is 2.19. The molecular weight excluding hydrogens is 223 g/mol. The maximum Gasteiger partial charge on any atom is 0.165 e. The molecule has 0 radical (unpaired) electrons. The van der Waals surface area contributed by atoms with Crippen LogP contribution in [0.5, 0.6) is 5.75 Å². The molecule has 2 rings (SSSR count). The molecule has 4 heteroatoms. The molecule has 0 saturated carbocycles. The summed E-state index contributed by atoms with van der Waals surface area (Å²) in [5, 5.41) is 9.07. The minimum absolute atomic E-state index is 0.192. The molecule has 1 aliphatic heterocycles. The van der Waals surface area contributed by atoms with Crippen LogP contribution in [0.3, 0.4) is 0 Å². The highest BCUT2D eigenvalue weighted by Gasteiger charge is 2.18. The van der Waals surface area contributed by atoms with E-state index in [1.807, 2.05) is 0 Å². The smallest absolute Gasteiger partial charge is 0.165 e. The topological polar surface area (TPSA) is 38.7 Å². The predicted octanol–water partition coefficient (Wildman–Crippen LogP) is 2.47. The average molecular weight is 240 g/mol. The number of phenols is 1. The average Bonchev–Trinajstić information content (AvgIpc) is 2.33. The van der Waals surface area contributed by atoms with Crippen molar-refractivity contribution in [2.24, 2.45) is 5.92 Å². The summed E-state index contributed by atoms with van der Waals surface area (Å²) in [5.74, 6) is -0.452. The van der Waals surface area contributed by atoms with Gasteiger partial charge in [0, 0.05) is 12.3 Å². The molecule has 1 fully saturated rings. The molecule has 1 heterocycles. The lowest BCUT2D eigenvalue weighted by Crippen LogP contribution is -2.30. The Morgan fingerprint density at radius 3 is 2.71 bits per heavy atom. The molecule has 1 aromatic rings. The van der Waals surface area contributed by atoms with Crippen LogP contribution < -0.4 is 0 Å².